The molecule has 7 heteroatoms. The number of carbonyl (C=O) groups excluding carboxylic acids is 2. The first-order valence-corrected chi connectivity index (χ1v) is 9.97. The van der Waals surface area contributed by atoms with Crippen LogP contribution in [0.25, 0.3) is 0 Å². The fraction of sp³-hybridized carbons (Fsp3) is 0.400. The Balaban J connectivity index is 1.49. The first kappa shape index (κ1) is 18.1. The van der Waals surface area contributed by atoms with Crippen molar-refractivity contribution in [3.05, 3.63) is 52.5 Å². The molecule has 2 aromatic rings. The van der Waals surface area contributed by atoms with Crippen LogP contribution in [0.15, 0.2) is 41.8 Å². The second-order valence-corrected chi connectivity index (χ2v) is 8.00. The number of anilines is 1. The van der Waals surface area contributed by atoms with E-state index in [2.05, 4.69) is 0 Å². The minimum Gasteiger partial charge on any atom is -0.363 e. The maximum Gasteiger partial charge on any atom is 0.263 e. The van der Waals surface area contributed by atoms with E-state index < -0.39 is 5.60 Å². The predicted octanol–water partition coefficient (Wildman–Crippen LogP) is 3.32. The number of likely N-dealkylation sites (tertiary alicyclic amines) is 1. The molecule has 1 spiro atoms. The summed E-state index contributed by atoms with van der Waals surface area (Å²) in [5, 5.41) is 1.91. The number of amides is 2. The Morgan fingerprint density at radius 3 is 2.70 bits per heavy atom. The lowest BCUT2D eigenvalue weighted by atomic mass is 9.92. The Hall–Kier alpha value is -2.25. The lowest BCUT2D eigenvalue weighted by Crippen LogP contribution is -2.55. The van der Waals surface area contributed by atoms with Gasteiger partial charge in [0.05, 0.1) is 17.0 Å². The van der Waals surface area contributed by atoms with Crippen molar-refractivity contribution in [3.8, 4) is 0 Å². The van der Waals surface area contributed by atoms with Crippen LogP contribution in [-0.2, 0) is 9.53 Å². The van der Waals surface area contributed by atoms with E-state index >= 15 is 0 Å². The van der Waals surface area contributed by atoms with Crippen LogP contribution in [0.2, 0.25) is 0 Å². The zero-order valence-electron chi connectivity index (χ0n) is 14.9. The quantitative estimate of drug-likeness (QED) is 0.793. The average Bonchev–Trinajstić information content (AvgIpc) is 3.14. The minimum atomic E-state index is -0.466. The normalized spacial score (nSPS) is 23.5. The second-order valence-electron chi connectivity index (χ2n) is 7.05. The standard InChI is InChI=1S/C20H21FN2O3S/c21-15-4-6-16(7-5-15)23-14-20(26-13-18(23)24)8-2-10-22(11-9-20)19(25)17-3-1-12-27-17/h1,3-7,12H,2,8-11,13-14H2. The number of benzene rings is 1. The van der Waals surface area contributed by atoms with Gasteiger partial charge in [-0.3, -0.25) is 9.59 Å². The molecule has 142 valence electrons. The van der Waals surface area contributed by atoms with Gasteiger partial charge in [-0.15, -0.1) is 11.3 Å². The molecule has 2 fully saturated rings. The number of hydrogen-bond acceptors (Lipinski definition) is 4. The van der Waals surface area contributed by atoms with Crippen molar-refractivity contribution in [3.63, 3.8) is 0 Å². The van der Waals surface area contributed by atoms with Gasteiger partial charge in [0.2, 0.25) is 0 Å². The van der Waals surface area contributed by atoms with Gasteiger partial charge in [-0.2, -0.15) is 0 Å². The Kier molecular flexibility index (Phi) is 4.97. The van der Waals surface area contributed by atoms with E-state index in [4.69, 9.17) is 4.74 Å². The number of nitrogens with zero attached hydrogens (tertiary/aromatic N) is 2. The predicted molar refractivity (Wildman–Crippen MR) is 102 cm³/mol. The summed E-state index contributed by atoms with van der Waals surface area (Å²) in [4.78, 5) is 29.3. The first-order valence-electron chi connectivity index (χ1n) is 9.09. The molecule has 0 radical (unpaired) electrons. The molecule has 0 N–H and O–H groups in total. The third-order valence-electron chi connectivity index (χ3n) is 5.30. The monoisotopic (exact) mass is 388 g/mol. The number of hydrogen-bond donors (Lipinski definition) is 0. The SMILES string of the molecule is O=C(c1cccs1)N1CCCC2(CC1)CN(c1ccc(F)cc1)C(=O)CO2. The van der Waals surface area contributed by atoms with Gasteiger partial charge in [0.25, 0.3) is 11.8 Å². The molecule has 1 unspecified atom stereocenters. The molecule has 27 heavy (non-hydrogen) atoms. The topological polar surface area (TPSA) is 49.9 Å². The van der Waals surface area contributed by atoms with E-state index in [-0.39, 0.29) is 24.2 Å². The van der Waals surface area contributed by atoms with E-state index in [1.807, 2.05) is 22.4 Å². The van der Waals surface area contributed by atoms with Gasteiger partial charge in [-0.1, -0.05) is 6.07 Å². The molecule has 1 atom stereocenters. The summed E-state index contributed by atoms with van der Waals surface area (Å²) >= 11 is 1.45. The summed E-state index contributed by atoms with van der Waals surface area (Å²) in [6.07, 6.45) is 2.28. The van der Waals surface area contributed by atoms with E-state index in [0.717, 1.165) is 17.7 Å². The molecule has 2 amide bonds. The Bertz CT molecular complexity index is 824. The van der Waals surface area contributed by atoms with Gasteiger partial charge in [0.1, 0.15) is 12.4 Å². The largest absolute Gasteiger partial charge is 0.363 e. The highest BCUT2D eigenvalue weighted by Crippen LogP contribution is 2.33. The molecular formula is C20H21FN2O3S. The van der Waals surface area contributed by atoms with Crippen molar-refractivity contribution < 1.29 is 18.7 Å². The van der Waals surface area contributed by atoms with Crippen molar-refractivity contribution in [2.45, 2.75) is 24.9 Å². The molecule has 2 saturated heterocycles. The van der Waals surface area contributed by atoms with Crippen LogP contribution in [0.4, 0.5) is 10.1 Å². The number of carbonyl (C=O) groups is 2. The van der Waals surface area contributed by atoms with Crippen molar-refractivity contribution in [2.24, 2.45) is 0 Å². The van der Waals surface area contributed by atoms with Crippen LogP contribution in [-0.4, -0.2) is 48.6 Å². The van der Waals surface area contributed by atoms with Crippen molar-refractivity contribution in [2.75, 3.05) is 31.1 Å². The summed E-state index contributed by atoms with van der Waals surface area (Å²) < 4.78 is 19.2. The Labute approximate surface area is 161 Å². The van der Waals surface area contributed by atoms with E-state index in [0.29, 0.717) is 31.7 Å². The molecular weight excluding hydrogens is 367 g/mol. The molecule has 4 rings (SSSR count). The highest BCUT2D eigenvalue weighted by molar-refractivity contribution is 7.12. The molecule has 5 nitrogen and oxygen atoms in total. The molecule has 2 aliphatic rings. The summed E-state index contributed by atoms with van der Waals surface area (Å²) in [5.41, 5.74) is 0.215. The Morgan fingerprint density at radius 2 is 1.96 bits per heavy atom. The van der Waals surface area contributed by atoms with Crippen molar-refractivity contribution in [1.82, 2.24) is 4.90 Å². The van der Waals surface area contributed by atoms with Crippen LogP contribution < -0.4 is 4.90 Å². The summed E-state index contributed by atoms with van der Waals surface area (Å²) in [6, 6.07) is 9.69. The van der Waals surface area contributed by atoms with Gasteiger partial charge in [-0.25, -0.2) is 4.39 Å². The van der Waals surface area contributed by atoms with Gasteiger partial charge in [0, 0.05) is 18.8 Å². The highest BCUT2D eigenvalue weighted by atomic mass is 32.1. The summed E-state index contributed by atoms with van der Waals surface area (Å²) in [5.74, 6) is -0.390. The van der Waals surface area contributed by atoms with Gasteiger partial charge < -0.3 is 14.5 Å². The Morgan fingerprint density at radius 1 is 1.15 bits per heavy atom. The van der Waals surface area contributed by atoms with Gasteiger partial charge >= 0.3 is 0 Å². The van der Waals surface area contributed by atoms with Crippen LogP contribution in [0.1, 0.15) is 28.9 Å². The van der Waals surface area contributed by atoms with Crippen molar-refractivity contribution >= 4 is 28.8 Å². The van der Waals surface area contributed by atoms with E-state index in [9.17, 15) is 14.0 Å². The second kappa shape index (κ2) is 7.40. The fourth-order valence-corrected chi connectivity index (χ4v) is 4.49. The minimum absolute atomic E-state index is 0.0102. The third-order valence-corrected chi connectivity index (χ3v) is 6.16. The number of thiophene rings is 1. The fourth-order valence-electron chi connectivity index (χ4n) is 3.80. The zero-order chi connectivity index (χ0) is 18.9. The van der Waals surface area contributed by atoms with Crippen LogP contribution in [0.5, 0.6) is 0 Å². The zero-order valence-corrected chi connectivity index (χ0v) is 15.7. The lowest BCUT2D eigenvalue weighted by molar-refractivity contribution is -0.140. The van der Waals surface area contributed by atoms with E-state index in [1.165, 1.54) is 23.5 Å². The number of halogens is 1. The van der Waals surface area contributed by atoms with E-state index in [1.54, 1.807) is 17.0 Å². The molecule has 2 aliphatic heterocycles. The molecule has 0 saturated carbocycles. The number of rotatable bonds is 2. The van der Waals surface area contributed by atoms with Crippen LogP contribution >= 0.6 is 11.3 Å². The average molecular weight is 388 g/mol. The number of morpholine rings is 1. The summed E-state index contributed by atoms with van der Waals surface area (Å²) in [6.45, 7) is 1.73. The first-order chi connectivity index (χ1) is 13.1. The van der Waals surface area contributed by atoms with Crippen molar-refractivity contribution in [1.29, 1.82) is 0 Å². The third kappa shape index (κ3) is 3.75. The highest BCUT2D eigenvalue weighted by Gasteiger charge is 2.42. The molecule has 0 aliphatic carbocycles. The maximum absolute atomic E-state index is 13.2. The lowest BCUT2D eigenvalue weighted by Gasteiger charge is -2.42. The molecule has 0 bridgehead atoms. The maximum atomic E-state index is 13.2. The number of ether oxygens (including phenoxy) is 1. The smallest absolute Gasteiger partial charge is 0.263 e. The summed E-state index contributed by atoms with van der Waals surface area (Å²) in [7, 11) is 0. The van der Waals surface area contributed by atoms with Gasteiger partial charge in [0.15, 0.2) is 0 Å². The van der Waals surface area contributed by atoms with Gasteiger partial charge in [-0.05, 0) is 55.0 Å². The van der Waals surface area contributed by atoms with Crippen LogP contribution in [0, 0.1) is 5.82 Å². The molecule has 1 aromatic heterocycles. The van der Waals surface area contributed by atoms with Crippen LogP contribution in [0.3, 0.4) is 0 Å². The molecule has 3 heterocycles. The molecule has 1 aromatic carbocycles.